The molecule has 0 aliphatic rings. The number of benzene rings is 1. The van der Waals surface area contributed by atoms with Gasteiger partial charge in [0.25, 0.3) is 0 Å². The first-order valence-corrected chi connectivity index (χ1v) is 6.48. The van der Waals surface area contributed by atoms with Crippen LogP contribution >= 0.6 is 0 Å². The molecule has 0 aliphatic heterocycles. The molecular weight excluding hydrogens is 254 g/mol. The molecule has 0 spiro atoms. The lowest BCUT2D eigenvalue weighted by molar-refractivity contribution is 0.602. The van der Waals surface area contributed by atoms with Crippen molar-refractivity contribution in [3.8, 4) is 11.3 Å². The van der Waals surface area contributed by atoms with Crippen molar-refractivity contribution in [2.45, 2.75) is 6.42 Å². The normalized spacial score (nSPS) is 10.8. The molecule has 0 amide bonds. The number of aromatic nitrogens is 3. The van der Waals surface area contributed by atoms with Gasteiger partial charge < -0.3 is 15.5 Å². The van der Waals surface area contributed by atoms with Crippen LogP contribution in [0.1, 0.15) is 6.42 Å². The van der Waals surface area contributed by atoms with Crippen LogP contribution in [0.25, 0.3) is 22.4 Å². The van der Waals surface area contributed by atoms with Gasteiger partial charge in [-0.15, -0.1) is 10.2 Å². The molecule has 0 atom stereocenters. The molecule has 1 aromatic carbocycles. The third-order valence-corrected chi connectivity index (χ3v) is 2.98. The highest BCUT2D eigenvalue weighted by Gasteiger charge is 2.04. The molecule has 6 heteroatoms. The zero-order valence-electron chi connectivity index (χ0n) is 10.9. The monoisotopic (exact) mass is 269 g/mol. The Labute approximate surface area is 116 Å². The van der Waals surface area contributed by atoms with Crippen molar-refractivity contribution in [1.29, 1.82) is 0 Å². The van der Waals surface area contributed by atoms with Crippen LogP contribution in [-0.4, -0.2) is 28.3 Å². The van der Waals surface area contributed by atoms with E-state index in [4.69, 9.17) is 10.2 Å². The molecule has 0 aliphatic carbocycles. The zero-order valence-corrected chi connectivity index (χ0v) is 10.9. The summed E-state index contributed by atoms with van der Waals surface area (Å²) < 4.78 is 5.29. The molecule has 0 saturated carbocycles. The van der Waals surface area contributed by atoms with Gasteiger partial charge in [0.1, 0.15) is 11.3 Å². The van der Waals surface area contributed by atoms with Crippen molar-refractivity contribution in [2.24, 2.45) is 5.73 Å². The van der Waals surface area contributed by atoms with Gasteiger partial charge >= 0.3 is 0 Å². The van der Waals surface area contributed by atoms with E-state index in [1.54, 1.807) is 0 Å². The van der Waals surface area contributed by atoms with Gasteiger partial charge in [0.2, 0.25) is 0 Å². The summed E-state index contributed by atoms with van der Waals surface area (Å²) in [6.07, 6.45) is 2.34. The van der Waals surface area contributed by atoms with Crippen molar-refractivity contribution < 1.29 is 4.42 Å². The van der Waals surface area contributed by atoms with Crippen molar-refractivity contribution in [2.75, 3.05) is 18.4 Å². The van der Waals surface area contributed by atoms with Crippen molar-refractivity contribution in [3.05, 3.63) is 36.7 Å². The smallest absolute Gasteiger partial charge is 0.181 e. The molecule has 2 heterocycles. The van der Waals surface area contributed by atoms with Gasteiger partial charge in [-0.25, -0.2) is 4.98 Å². The highest BCUT2D eigenvalue weighted by molar-refractivity contribution is 5.78. The Morgan fingerprint density at radius 2 is 2.10 bits per heavy atom. The summed E-state index contributed by atoms with van der Waals surface area (Å²) in [5, 5.41) is 11.5. The molecule has 3 N–H and O–H groups in total. The van der Waals surface area contributed by atoms with Gasteiger partial charge in [-0.05, 0) is 37.2 Å². The summed E-state index contributed by atoms with van der Waals surface area (Å²) in [6.45, 7) is 1.46. The topological polar surface area (TPSA) is 89.9 Å². The number of rotatable bonds is 5. The molecule has 3 aromatic rings. The number of hydrogen-bond acceptors (Lipinski definition) is 6. The Hall–Kier alpha value is -2.47. The van der Waals surface area contributed by atoms with E-state index in [9.17, 15) is 0 Å². The van der Waals surface area contributed by atoms with E-state index in [0.29, 0.717) is 6.54 Å². The molecular formula is C14H15N5O. The average Bonchev–Trinajstić information content (AvgIpc) is 2.96. The summed E-state index contributed by atoms with van der Waals surface area (Å²) in [4.78, 5) is 4.09. The first-order chi connectivity index (χ1) is 9.86. The quantitative estimate of drug-likeness (QED) is 0.689. The minimum absolute atomic E-state index is 0.662. The molecule has 0 fully saturated rings. The maximum Gasteiger partial charge on any atom is 0.181 e. The Balaban J connectivity index is 1.79. The van der Waals surface area contributed by atoms with E-state index in [-0.39, 0.29) is 0 Å². The zero-order chi connectivity index (χ0) is 13.8. The molecule has 6 nitrogen and oxygen atoms in total. The summed E-state index contributed by atoms with van der Waals surface area (Å²) in [5.74, 6) is 0.753. The van der Waals surface area contributed by atoms with Crippen molar-refractivity contribution in [3.63, 3.8) is 0 Å². The van der Waals surface area contributed by atoms with E-state index >= 15 is 0 Å². The number of oxazole rings is 1. The molecule has 102 valence electrons. The Morgan fingerprint density at radius 1 is 1.15 bits per heavy atom. The highest BCUT2D eigenvalue weighted by Crippen LogP contribution is 2.22. The van der Waals surface area contributed by atoms with Gasteiger partial charge in [-0.2, -0.15) is 0 Å². The predicted molar refractivity (Wildman–Crippen MR) is 77.2 cm³/mol. The Morgan fingerprint density at radius 3 is 2.90 bits per heavy atom. The van der Waals surface area contributed by atoms with E-state index in [0.717, 1.165) is 41.1 Å². The second kappa shape index (κ2) is 5.66. The highest BCUT2D eigenvalue weighted by atomic mass is 16.3. The summed E-state index contributed by atoms with van der Waals surface area (Å²) in [6, 6.07) is 9.60. The van der Waals surface area contributed by atoms with Crippen LogP contribution in [0.5, 0.6) is 0 Å². The lowest BCUT2D eigenvalue weighted by Crippen LogP contribution is -2.09. The van der Waals surface area contributed by atoms with E-state index < -0.39 is 0 Å². The second-order valence-electron chi connectivity index (χ2n) is 4.41. The van der Waals surface area contributed by atoms with Gasteiger partial charge in [0.15, 0.2) is 12.0 Å². The molecule has 0 saturated heterocycles. The first kappa shape index (κ1) is 12.6. The summed E-state index contributed by atoms with van der Waals surface area (Å²) in [7, 11) is 0. The lowest BCUT2D eigenvalue weighted by atomic mass is 10.1. The summed E-state index contributed by atoms with van der Waals surface area (Å²) >= 11 is 0. The van der Waals surface area contributed by atoms with Crippen LogP contribution in [0.4, 0.5) is 5.82 Å². The molecule has 0 radical (unpaired) electrons. The third kappa shape index (κ3) is 2.60. The minimum Gasteiger partial charge on any atom is -0.443 e. The summed E-state index contributed by atoms with van der Waals surface area (Å²) in [5.41, 5.74) is 8.77. The van der Waals surface area contributed by atoms with Crippen molar-refractivity contribution >= 4 is 16.9 Å². The number of nitrogens with zero attached hydrogens (tertiary/aromatic N) is 3. The average molecular weight is 269 g/mol. The fourth-order valence-electron chi connectivity index (χ4n) is 1.91. The van der Waals surface area contributed by atoms with Gasteiger partial charge in [0.05, 0.1) is 5.69 Å². The van der Waals surface area contributed by atoms with Crippen LogP contribution in [0.15, 0.2) is 41.1 Å². The van der Waals surface area contributed by atoms with Crippen LogP contribution < -0.4 is 11.1 Å². The number of fused-ring (bicyclic) bond motifs is 1. The largest absolute Gasteiger partial charge is 0.443 e. The van der Waals surface area contributed by atoms with E-state index in [1.807, 2.05) is 30.3 Å². The van der Waals surface area contributed by atoms with Crippen LogP contribution in [0.3, 0.4) is 0 Å². The fraction of sp³-hybridized carbons (Fsp3) is 0.214. The standard InChI is InChI=1S/C14H15N5O/c15-6-1-7-16-14-5-4-11(18-19-14)10-2-3-12-13(8-10)20-9-17-12/h2-5,8-9H,1,6-7,15H2,(H,16,19). The minimum atomic E-state index is 0.662. The molecule has 2 aromatic heterocycles. The van der Waals surface area contributed by atoms with Gasteiger partial charge in [-0.1, -0.05) is 6.07 Å². The Kier molecular flexibility index (Phi) is 3.56. The Bertz CT molecular complexity index is 692. The van der Waals surface area contributed by atoms with E-state index in [2.05, 4.69) is 20.5 Å². The maximum atomic E-state index is 5.44. The maximum absolute atomic E-state index is 5.44. The third-order valence-electron chi connectivity index (χ3n) is 2.98. The number of nitrogens with one attached hydrogen (secondary N) is 1. The predicted octanol–water partition coefficient (Wildman–Crippen LogP) is 2.05. The number of anilines is 1. The van der Waals surface area contributed by atoms with Gasteiger partial charge in [0, 0.05) is 12.1 Å². The van der Waals surface area contributed by atoms with E-state index in [1.165, 1.54) is 6.39 Å². The van der Waals surface area contributed by atoms with Crippen LogP contribution in [-0.2, 0) is 0 Å². The molecule has 0 bridgehead atoms. The molecule has 20 heavy (non-hydrogen) atoms. The molecule has 0 unspecified atom stereocenters. The van der Waals surface area contributed by atoms with Crippen LogP contribution in [0.2, 0.25) is 0 Å². The molecule has 3 rings (SSSR count). The van der Waals surface area contributed by atoms with Crippen LogP contribution in [0, 0.1) is 0 Å². The second-order valence-corrected chi connectivity index (χ2v) is 4.41. The fourth-order valence-corrected chi connectivity index (χ4v) is 1.91. The number of hydrogen-bond donors (Lipinski definition) is 2. The number of nitrogens with two attached hydrogens (primary N) is 1. The SMILES string of the molecule is NCCCNc1ccc(-c2ccc3ncoc3c2)nn1. The van der Waals surface area contributed by atoms with Gasteiger partial charge in [-0.3, -0.25) is 0 Å². The lowest BCUT2D eigenvalue weighted by Gasteiger charge is -2.04. The first-order valence-electron chi connectivity index (χ1n) is 6.48. The van der Waals surface area contributed by atoms with Crippen molar-refractivity contribution in [1.82, 2.24) is 15.2 Å².